The van der Waals surface area contributed by atoms with E-state index in [0.29, 0.717) is 5.69 Å². The Morgan fingerprint density at radius 1 is 1.25 bits per heavy atom. The molecule has 0 saturated carbocycles. The Kier molecular flexibility index (Phi) is 5.21. The van der Waals surface area contributed by atoms with Gasteiger partial charge in [-0.25, -0.2) is 8.42 Å². The van der Waals surface area contributed by atoms with Gasteiger partial charge in [-0.3, -0.25) is 9.10 Å². The van der Waals surface area contributed by atoms with Gasteiger partial charge in [-0.2, -0.15) is 0 Å². The van der Waals surface area contributed by atoms with Crippen LogP contribution in [0.15, 0.2) is 28.7 Å². The summed E-state index contributed by atoms with van der Waals surface area (Å²) >= 11 is 3.29. The highest BCUT2D eigenvalue weighted by atomic mass is 79.9. The molecule has 0 saturated heterocycles. The third-order valence-corrected chi connectivity index (χ3v) is 3.99. The predicted molar refractivity (Wildman–Crippen MR) is 84.2 cm³/mol. The van der Waals surface area contributed by atoms with E-state index in [4.69, 9.17) is 0 Å². The van der Waals surface area contributed by atoms with E-state index in [1.807, 2.05) is 20.8 Å². The minimum atomic E-state index is -3.52. The summed E-state index contributed by atoms with van der Waals surface area (Å²) in [5, 5.41) is 2.75. The molecule has 0 aromatic heterocycles. The Balaban J connectivity index is 2.98. The van der Waals surface area contributed by atoms with Crippen LogP contribution in [-0.4, -0.2) is 32.7 Å². The van der Waals surface area contributed by atoms with E-state index in [-0.39, 0.29) is 12.5 Å². The molecular weight excluding hydrogens is 344 g/mol. The zero-order valence-corrected chi connectivity index (χ0v) is 14.4. The average Bonchev–Trinajstić information content (AvgIpc) is 2.23. The lowest BCUT2D eigenvalue weighted by Crippen LogP contribution is -2.47. The maximum absolute atomic E-state index is 11.9. The molecule has 1 N–H and O–H groups in total. The molecule has 0 aliphatic rings. The van der Waals surface area contributed by atoms with Crippen molar-refractivity contribution in [1.29, 1.82) is 0 Å². The van der Waals surface area contributed by atoms with E-state index in [2.05, 4.69) is 21.2 Å². The summed E-state index contributed by atoms with van der Waals surface area (Å²) in [6, 6.07) is 6.76. The van der Waals surface area contributed by atoms with Gasteiger partial charge in [0.05, 0.1) is 11.9 Å². The lowest BCUT2D eigenvalue weighted by Gasteiger charge is -2.25. The van der Waals surface area contributed by atoms with E-state index in [9.17, 15) is 13.2 Å². The highest BCUT2D eigenvalue weighted by molar-refractivity contribution is 9.10. The fraction of sp³-hybridized carbons (Fsp3) is 0.462. The van der Waals surface area contributed by atoms with Crippen molar-refractivity contribution >= 4 is 37.5 Å². The number of hydrogen-bond acceptors (Lipinski definition) is 3. The summed E-state index contributed by atoms with van der Waals surface area (Å²) in [7, 11) is -3.52. The molecule has 7 heteroatoms. The van der Waals surface area contributed by atoms with Crippen LogP contribution in [0.25, 0.3) is 0 Å². The van der Waals surface area contributed by atoms with Crippen molar-refractivity contribution in [3.63, 3.8) is 0 Å². The monoisotopic (exact) mass is 362 g/mol. The largest absolute Gasteiger partial charge is 0.350 e. The summed E-state index contributed by atoms with van der Waals surface area (Å²) in [5.74, 6) is -0.342. The normalized spacial score (nSPS) is 12.1. The molecule has 5 nitrogen and oxygen atoms in total. The Hall–Kier alpha value is -1.08. The Bertz CT molecular complexity index is 577. The second-order valence-electron chi connectivity index (χ2n) is 5.54. The number of amides is 1. The van der Waals surface area contributed by atoms with Crippen molar-refractivity contribution in [2.75, 3.05) is 17.1 Å². The third kappa shape index (κ3) is 5.50. The number of hydrogen-bond donors (Lipinski definition) is 1. The third-order valence-electron chi connectivity index (χ3n) is 2.32. The van der Waals surface area contributed by atoms with E-state index in [1.54, 1.807) is 24.3 Å². The van der Waals surface area contributed by atoms with E-state index in [0.717, 1.165) is 15.0 Å². The quantitative estimate of drug-likeness (QED) is 0.891. The van der Waals surface area contributed by atoms with E-state index < -0.39 is 15.6 Å². The molecule has 20 heavy (non-hydrogen) atoms. The second-order valence-corrected chi connectivity index (χ2v) is 8.37. The Morgan fingerprint density at radius 2 is 1.75 bits per heavy atom. The molecule has 0 unspecified atom stereocenters. The van der Waals surface area contributed by atoms with Gasteiger partial charge in [0.1, 0.15) is 6.54 Å². The maximum Gasteiger partial charge on any atom is 0.241 e. The van der Waals surface area contributed by atoms with E-state index >= 15 is 0 Å². The smallest absolute Gasteiger partial charge is 0.241 e. The highest BCUT2D eigenvalue weighted by Crippen LogP contribution is 2.20. The summed E-state index contributed by atoms with van der Waals surface area (Å²) in [4.78, 5) is 11.9. The average molecular weight is 363 g/mol. The number of nitrogens with one attached hydrogen (secondary N) is 1. The fourth-order valence-corrected chi connectivity index (χ4v) is 2.72. The number of benzene rings is 1. The number of halogens is 1. The van der Waals surface area contributed by atoms with Crippen LogP contribution in [0, 0.1) is 0 Å². The molecule has 1 aromatic carbocycles. The van der Waals surface area contributed by atoms with Gasteiger partial charge < -0.3 is 5.32 Å². The molecular formula is C13H19BrN2O3S. The standard InChI is InChI=1S/C13H19BrN2O3S/c1-13(2,3)15-12(17)9-16(20(4,18)19)11-7-5-10(14)6-8-11/h5-8H,9H2,1-4H3,(H,15,17). The van der Waals surface area contributed by atoms with Gasteiger partial charge in [-0.05, 0) is 45.0 Å². The van der Waals surface area contributed by atoms with Crippen LogP contribution in [0.3, 0.4) is 0 Å². The van der Waals surface area contributed by atoms with Crippen LogP contribution in [0.5, 0.6) is 0 Å². The van der Waals surface area contributed by atoms with Crippen molar-refractivity contribution in [2.24, 2.45) is 0 Å². The number of anilines is 1. The number of rotatable bonds is 4. The van der Waals surface area contributed by atoms with Gasteiger partial charge in [0.2, 0.25) is 15.9 Å². The first-order valence-electron chi connectivity index (χ1n) is 6.03. The van der Waals surface area contributed by atoms with Gasteiger partial charge in [-0.15, -0.1) is 0 Å². The maximum atomic E-state index is 11.9. The topological polar surface area (TPSA) is 66.5 Å². The molecule has 0 heterocycles. The van der Waals surface area contributed by atoms with Crippen LogP contribution in [0.2, 0.25) is 0 Å². The van der Waals surface area contributed by atoms with E-state index in [1.165, 1.54) is 0 Å². The fourth-order valence-electron chi connectivity index (χ4n) is 1.60. The molecule has 0 aliphatic carbocycles. The summed E-state index contributed by atoms with van der Waals surface area (Å²) in [6.45, 7) is 5.29. The first kappa shape index (κ1) is 17.0. The van der Waals surface area contributed by atoms with Crippen LogP contribution in [0.1, 0.15) is 20.8 Å². The van der Waals surface area contributed by atoms with Gasteiger partial charge in [-0.1, -0.05) is 15.9 Å². The van der Waals surface area contributed by atoms with Crippen molar-refractivity contribution in [1.82, 2.24) is 5.32 Å². The molecule has 1 amide bonds. The number of carbonyl (C=O) groups is 1. The molecule has 0 atom stereocenters. The van der Waals surface area contributed by atoms with Crippen molar-refractivity contribution < 1.29 is 13.2 Å². The molecule has 0 aliphatic heterocycles. The van der Waals surface area contributed by atoms with Crippen LogP contribution in [0.4, 0.5) is 5.69 Å². The molecule has 0 radical (unpaired) electrons. The zero-order valence-electron chi connectivity index (χ0n) is 12.0. The molecule has 1 rings (SSSR count). The van der Waals surface area contributed by atoms with Crippen molar-refractivity contribution in [3.8, 4) is 0 Å². The minimum absolute atomic E-state index is 0.238. The van der Waals surface area contributed by atoms with Crippen LogP contribution >= 0.6 is 15.9 Å². The van der Waals surface area contributed by atoms with Gasteiger partial charge in [0.15, 0.2) is 0 Å². The van der Waals surface area contributed by atoms with Gasteiger partial charge >= 0.3 is 0 Å². The molecule has 0 spiro atoms. The first-order valence-corrected chi connectivity index (χ1v) is 8.67. The van der Waals surface area contributed by atoms with Crippen LogP contribution < -0.4 is 9.62 Å². The second kappa shape index (κ2) is 6.13. The SMILES string of the molecule is CC(C)(C)NC(=O)CN(c1ccc(Br)cc1)S(C)(=O)=O. The summed E-state index contributed by atoms with van der Waals surface area (Å²) < 4.78 is 25.6. The highest BCUT2D eigenvalue weighted by Gasteiger charge is 2.23. The first-order chi connectivity index (χ1) is 8.99. The number of sulfonamides is 1. The summed E-state index contributed by atoms with van der Waals surface area (Å²) in [6.07, 6.45) is 1.08. The molecule has 0 fully saturated rings. The molecule has 1 aromatic rings. The van der Waals surface area contributed by atoms with Gasteiger partial charge in [0.25, 0.3) is 0 Å². The Morgan fingerprint density at radius 3 is 2.15 bits per heavy atom. The summed E-state index contributed by atoms with van der Waals surface area (Å²) in [5.41, 5.74) is 0.0553. The predicted octanol–water partition coefficient (Wildman–Crippen LogP) is 2.13. The lowest BCUT2D eigenvalue weighted by molar-refractivity contribution is -0.121. The minimum Gasteiger partial charge on any atom is -0.350 e. The molecule has 112 valence electrons. The van der Waals surface area contributed by atoms with Crippen LogP contribution in [-0.2, 0) is 14.8 Å². The van der Waals surface area contributed by atoms with Crippen molar-refractivity contribution in [2.45, 2.75) is 26.3 Å². The van der Waals surface area contributed by atoms with Crippen molar-refractivity contribution in [3.05, 3.63) is 28.7 Å². The number of nitrogens with zero attached hydrogens (tertiary/aromatic N) is 1. The Labute approximate surface area is 128 Å². The lowest BCUT2D eigenvalue weighted by atomic mass is 10.1. The van der Waals surface area contributed by atoms with Gasteiger partial charge in [0, 0.05) is 10.0 Å². The number of carbonyl (C=O) groups excluding carboxylic acids is 1. The molecule has 0 bridgehead atoms. The zero-order chi connectivity index (χ0) is 15.6.